The van der Waals surface area contributed by atoms with E-state index in [1.807, 2.05) is 36.1 Å². The lowest BCUT2D eigenvalue weighted by molar-refractivity contribution is -0.131. The Kier molecular flexibility index (Phi) is 6.56. The number of hydrogen-bond donors (Lipinski definition) is 1. The number of carbonyl (C=O) groups excluding carboxylic acids is 1. The topological polar surface area (TPSA) is 46.3 Å². The van der Waals surface area contributed by atoms with Gasteiger partial charge in [-0.3, -0.25) is 4.79 Å². The molecule has 0 radical (unpaired) electrons. The monoisotopic (exact) mass is 276 g/mol. The van der Waals surface area contributed by atoms with E-state index >= 15 is 0 Å². The third-order valence-corrected chi connectivity index (χ3v) is 3.95. The van der Waals surface area contributed by atoms with E-state index in [2.05, 4.69) is 20.8 Å². The number of amides is 1. The molecule has 0 aromatic heterocycles. The summed E-state index contributed by atoms with van der Waals surface area (Å²) in [5, 5.41) is 0. The van der Waals surface area contributed by atoms with Gasteiger partial charge in [-0.05, 0) is 36.5 Å². The number of nitrogens with zero attached hydrogens (tertiary/aromatic N) is 1. The zero-order chi connectivity index (χ0) is 15.1. The summed E-state index contributed by atoms with van der Waals surface area (Å²) < 4.78 is 0. The van der Waals surface area contributed by atoms with Gasteiger partial charge in [0.05, 0.1) is 0 Å². The van der Waals surface area contributed by atoms with Crippen LogP contribution in [-0.2, 0) is 4.79 Å². The first-order valence-corrected chi connectivity index (χ1v) is 7.61. The van der Waals surface area contributed by atoms with Crippen molar-refractivity contribution in [2.45, 2.75) is 46.5 Å². The highest BCUT2D eigenvalue weighted by Gasteiger charge is 2.17. The molecule has 0 saturated carbocycles. The van der Waals surface area contributed by atoms with Crippen LogP contribution in [0.3, 0.4) is 0 Å². The second kappa shape index (κ2) is 7.93. The second-order valence-electron chi connectivity index (χ2n) is 5.72. The first kappa shape index (κ1) is 16.5. The van der Waals surface area contributed by atoms with E-state index in [0.29, 0.717) is 12.3 Å². The maximum Gasteiger partial charge on any atom is 0.223 e. The summed E-state index contributed by atoms with van der Waals surface area (Å²) in [6.45, 7) is 10.2. The Morgan fingerprint density at radius 2 is 1.80 bits per heavy atom. The molecule has 1 aromatic carbocycles. The van der Waals surface area contributed by atoms with E-state index in [1.165, 1.54) is 5.56 Å². The van der Waals surface area contributed by atoms with Crippen LogP contribution in [0.2, 0.25) is 0 Å². The fraction of sp³-hybridized carbons (Fsp3) is 0.588. The molecule has 2 unspecified atom stereocenters. The van der Waals surface area contributed by atoms with Crippen molar-refractivity contribution in [3.63, 3.8) is 0 Å². The van der Waals surface area contributed by atoms with Crippen molar-refractivity contribution in [3.05, 3.63) is 29.8 Å². The molecule has 1 rings (SSSR count). The molecule has 1 aromatic rings. The van der Waals surface area contributed by atoms with Crippen molar-refractivity contribution < 1.29 is 4.79 Å². The Hall–Kier alpha value is -1.51. The molecule has 3 heteroatoms. The molecule has 0 aliphatic rings. The minimum atomic E-state index is 0.231. The molecule has 20 heavy (non-hydrogen) atoms. The van der Waals surface area contributed by atoms with Crippen LogP contribution in [0.15, 0.2) is 24.3 Å². The molecule has 0 heterocycles. The van der Waals surface area contributed by atoms with Gasteiger partial charge in [-0.2, -0.15) is 0 Å². The van der Waals surface area contributed by atoms with E-state index < -0.39 is 0 Å². The van der Waals surface area contributed by atoms with Gasteiger partial charge >= 0.3 is 0 Å². The molecule has 0 aliphatic carbocycles. The van der Waals surface area contributed by atoms with Crippen LogP contribution in [-0.4, -0.2) is 23.9 Å². The molecule has 1 amide bonds. The maximum absolute atomic E-state index is 12.4. The minimum Gasteiger partial charge on any atom is -0.399 e. The summed E-state index contributed by atoms with van der Waals surface area (Å²) in [5.74, 6) is 1.04. The first-order valence-electron chi connectivity index (χ1n) is 7.61. The highest BCUT2D eigenvalue weighted by atomic mass is 16.2. The molecule has 0 aliphatic heterocycles. The molecule has 0 spiro atoms. The number of rotatable bonds is 7. The van der Waals surface area contributed by atoms with Crippen LogP contribution in [0.4, 0.5) is 5.69 Å². The van der Waals surface area contributed by atoms with E-state index in [0.717, 1.165) is 25.2 Å². The largest absolute Gasteiger partial charge is 0.399 e. The third kappa shape index (κ3) is 4.87. The molecule has 0 fully saturated rings. The molecular formula is C17H28N2O. The van der Waals surface area contributed by atoms with Gasteiger partial charge in [-0.15, -0.1) is 0 Å². The van der Waals surface area contributed by atoms with Crippen LogP contribution in [0.25, 0.3) is 0 Å². The predicted octanol–water partition coefficient (Wildman–Crippen LogP) is 3.66. The average molecular weight is 276 g/mol. The summed E-state index contributed by atoms with van der Waals surface area (Å²) >= 11 is 0. The summed E-state index contributed by atoms with van der Waals surface area (Å²) in [6.07, 6.45) is 1.67. The normalized spacial score (nSPS) is 13.8. The molecule has 112 valence electrons. The standard InChI is InChI=1S/C17H28N2O/c1-5-13(3)12-19(6-2)17(20)11-14(4)15-7-9-16(18)10-8-15/h7-10,13-14H,5-6,11-12,18H2,1-4H3. The second-order valence-corrected chi connectivity index (χ2v) is 5.72. The molecule has 2 atom stereocenters. The number of nitrogens with two attached hydrogens (primary N) is 1. The van der Waals surface area contributed by atoms with Crippen LogP contribution >= 0.6 is 0 Å². The van der Waals surface area contributed by atoms with Gasteiger partial charge in [0.2, 0.25) is 5.91 Å². The number of anilines is 1. The van der Waals surface area contributed by atoms with Crippen molar-refractivity contribution in [1.29, 1.82) is 0 Å². The fourth-order valence-corrected chi connectivity index (χ4v) is 2.25. The third-order valence-electron chi connectivity index (χ3n) is 3.95. The van der Waals surface area contributed by atoms with Gasteiger partial charge in [0.25, 0.3) is 0 Å². The smallest absolute Gasteiger partial charge is 0.223 e. The van der Waals surface area contributed by atoms with Crippen molar-refractivity contribution in [1.82, 2.24) is 4.90 Å². The van der Waals surface area contributed by atoms with E-state index in [9.17, 15) is 4.79 Å². The quantitative estimate of drug-likeness (QED) is 0.773. The molecule has 2 N–H and O–H groups in total. The van der Waals surface area contributed by atoms with Crippen LogP contribution in [0.1, 0.15) is 52.0 Å². The Balaban J connectivity index is 2.61. The van der Waals surface area contributed by atoms with Gasteiger partial charge < -0.3 is 10.6 Å². The van der Waals surface area contributed by atoms with Gasteiger partial charge in [0, 0.05) is 25.2 Å². The number of carbonyl (C=O) groups is 1. The Bertz CT molecular complexity index is 414. The predicted molar refractivity (Wildman–Crippen MR) is 85.6 cm³/mol. The van der Waals surface area contributed by atoms with Gasteiger partial charge in [0.1, 0.15) is 0 Å². The van der Waals surface area contributed by atoms with E-state index in [-0.39, 0.29) is 11.8 Å². The van der Waals surface area contributed by atoms with Crippen molar-refractivity contribution >= 4 is 11.6 Å². The average Bonchev–Trinajstić information content (AvgIpc) is 2.44. The SMILES string of the molecule is CCC(C)CN(CC)C(=O)CC(C)c1ccc(N)cc1. The van der Waals surface area contributed by atoms with Crippen molar-refractivity contribution in [2.75, 3.05) is 18.8 Å². The summed E-state index contributed by atoms with van der Waals surface area (Å²) in [5.41, 5.74) is 7.63. The zero-order valence-electron chi connectivity index (χ0n) is 13.2. The van der Waals surface area contributed by atoms with Gasteiger partial charge in [-0.1, -0.05) is 39.3 Å². The minimum absolute atomic E-state index is 0.231. The lowest BCUT2D eigenvalue weighted by atomic mass is 9.96. The number of nitrogen functional groups attached to an aromatic ring is 1. The molecular weight excluding hydrogens is 248 g/mol. The zero-order valence-corrected chi connectivity index (χ0v) is 13.2. The Morgan fingerprint density at radius 3 is 2.30 bits per heavy atom. The van der Waals surface area contributed by atoms with Crippen molar-refractivity contribution in [3.8, 4) is 0 Å². The summed E-state index contributed by atoms with van der Waals surface area (Å²) in [6, 6.07) is 7.82. The number of hydrogen-bond acceptors (Lipinski definition) is 2. The number of benzene rings is 1. The molecule has 0 saturated heterocycles. The first-order chi connectivity index (χ1) is 9.47. The summed E-state index contributed by atoms with van der Waals surface area (Å²) in [4.78, 5) is 14.4. The van der Waals surface area contributed by atoms with Crippen LogP contribution in [0, 0.1) is 5.92 Å². The lowest BCUT2D eigenvalue weighted by Gasteiger charge is -2.25. The Morgan fingerprint density at radius 1 is 1.20 bits per heavy atom. The molecule has 0 bridgehead atoms. The maximum atomic E-state index is 12.4. The van der Waals surface area contributed by atoms with Gasteiger partial charge in [-0.25, -0.2) is 0 Å². The Labute approximate surface area is 123 Å². The van der Waals surface area contributed by atoms with Crippen LogP contribution in [0.5, 0.6) is 0 Å². The highest BCUT2D eigenvalue weighted by molar-refractivity contribution is 5.77. The van der Waals surface area contributed by atoms with Gasteiger partial charge in [0.15, 0.2) is 0 Å². The molecule has 3 nitrogen and oxygen atoms in total. The summed E-state index contributed by atoms with van der Waals surface area (Å²) in [7, 11) is 0. The lowest BCUT2D eigenvalue weighted by Crippen LogP contribution is -2.35. The fourth-order valence-electron chi connectivity index (χ4n) is 2.25. The highest BCUT2D eigenvalue weighted by Crippen LogP contribution is 2.21. The van der Waals surface area contributed by atoms with E-state index in [1.54, 1.807) is 0 Å². The van der Waals surface area contributed by atoms with Crippen LogP contribution < -0.4 is 5.73 Å². The van der Waals surface area contributed by atoms with E-state index in [4.69, 9.17) is 5.73 Å². The van der Waals surface area contributed by atoms with Crippen molar-refractivity contribution in [2.24, 2.45) is 5.92 Å².